The quantitative estimate of drug-likeness (QED) is 0.750. The molecule has 2 N–H and O–H groups in total. The summed E-state index contributed by atoms with van der Waals surface area (Å²) in [5, 5.41) is 3.74. The highest BCUT2D eigenvalue weighted by Gasteiger charge is 2.15. The van der Waals surface area contributed by atoms with Crippen molar-refractivity contribution in [2.75, 3.05) is 5.32 Å². The lowest BCUT2D eigenvalue weighted by molar-refractivity contribution is -0.115. The van der Waals surface area contributed by atoms with E-state index in [0.29, 0.717) is 44.7 Å². The first-order chi connectivity index (χ1) is 10.6. The number of pyridine rings is 1. The Morgan fingerprint density at radius 2 is 2.00 bits per heavy atom. The molecule has 3 rings (SSSR count). The van der Waals surface area contributed by atoms with Gasteiger partial charge in [0.15, 0.2) is 5.82 Å². The third kappa shape index (κ3) is 2.65. The summed E-state index contributed by atoms with van der Waals surface area (Å²) in [4.78, 5) is 23.4. The molecule has 0 aliphatic rings. The molecule has 3 aromatic rings. The van der Waals surface area contributed by atoms with E-state index < -0.39 is 0 Å². The highest BCUT2D eigenvalue weighted by molar-refractivity contribution is 6.39. The minimum absolute atomic E-state index is 0.119. The highest BCUT2D eigenvalue weighted by Crippen LogP contribution is 2.34. The molecule has 0 atom stereocenters. The molecular formula is C15H12Cl2N4O. The van der Waals surface area contributed by atoms with Crippen LogP contribution in [0.3, 0.4) is 0 Å². The second kappa shape index (κ2) is 5.94. The number of hydrogen-bond acceptors (Lipinski definition) is 3. The summed E-state index contributed by atoms with van der Waals surface area (Å²) in [7, 11) is 0. The molecule has 0 saturated heterocycles. The lowest BCUT2D eigenvalue weighted by Gasteiger charge is -2.03. The fourth-order valence-electron chi connectivity index (χ4n) is 2.09. The van der Waals surface area contributed by atoms with Crippen molar-refractivity contribution in [3.8, 4) is 11.4 Å². The summed E-state index contributed by atoms with van der Waals surface area (Å²) in [6, 6.07) is 7.01. The van der Waals surface area contributed by atoms with Crippen molar-refractivity contribution in [2.45, 2.75) is 13.3 Å². The molecule has 0 spiro atoms. The van der Waals surface area contributed by atoms with E-state index in [1.54, 1.807) is 37.4 Å². The Kier molecular flexibility index (Phi) is 4.00. The fraction of sp³-hybridized carbons (Fsp3) is 0.133. The second-order valence-corrected chi connectivity index (χ2v) is 5.45. The van der Waals surface area contributed by atoms with E-state index in [0.717, 1.165) is 0 Å². The monoisotopic (exact) mass is 334 g/mol. The van der Waals surface area contributed by atoms with Crippen LogP contribution in [0, 0.1) is 0 Å². The van der Waals surface area contributed by atoms with Gasteiger partial charge in [0.2, 0.25) is 5.91 Å². The van der Waals surface area contributed by atoms with Gasteiger partial charge in [0.1, 0.15) is 11.3 Å². The van der Waals surface area contributed by atoms with Crippen LogP contribution in [0.4, 0.5) is 5.82 Å². The molecular weight excluding hydrogens is 323 g/mol. The maximum atomic E-state index is 11.6. The number of nitrogens with zero attached hydrogens (tertiary/aromatic N) is 2. The molecule has 0 aliphatic heterocycles. The Hall–Kier alpha value is -2.11. The van der Waals surface area contributed by atoms with Crippen LogP contribution in [0.1, 0.15) is 13.3 Å². The van der Waals surface area contributed by atoms with E-state index in [1.165, 1.54) is 0 Å². The van der Waals surface area contributed by atoms with Crippen LogP contribution >= 0.6 is 23.2 Å². The molecule has 0 unspecified atom stereocenters. The number of imidazole rings is 1. The largest absolute Gasteiger partial charge is 0.335 e. The first-order valence-corrected chi connectivity index (χ1v) is 7.44. The number of halogens is 2. The molecule has 0 saturated carbocycles. The van der Waals surface area contributed by atoms with Gasteiger partial charge in [-0.25, -0.2) is 9.97 Å². The van der Waals surface area contributed by atoms with Crippen LogP contribution in [0.2, 0.25) is 10.0 Å². The molecule has 22 heavy (non-hydrogen) atoms. The number of carbonyl (C=O) groups excluding carboxylic acids is 1. The van der Waals surface area contributed by atoms with Crippen LogP contribution < -0.4 is 5.32 Å². The van der Waals surface area contributed by atoms with Crippen molar-refractivity contribution < 1.29 is 4.79 Å². The van der Waals surface area contributed by atoms with Gasteiger partial charge in [0, 0.05) is 12.6 Å². The predicted molar refractivity (Wildman–Crippen MR) is 88.3 cm³/mol. The van der Waals surface area contributed by atoms with Crippen molar-refractivity contribution in [1.29, 1.82) is 0 Å². The zero-order valence-electron chi connectivity index (χ0n) is 11.7. The van der Waals surface area contributed by atoms with Crippen LogP contribution in [0.5, 0.6) is 0 Å². The number of fused-ring (bicyclic) bond motifs is 1. The maximum absolute atomic E-state index is 11.6. The highest BCUT2D eigenvalue weighted by atomic mass is 35.5. The van der Waals surface area contributed by atoms with Gasteiger partial charge in [-0.15, -0.1) is 0 Å². The number of anilines is 1. The molecule has 1 amide bonds. The van der Waals surface area contributed by atoms with Crippen molar-refractivity contribution >= 4 is 46.0 Å². The molecule has 2 heterocycles. The zero-order chi connectivity index (χ0) is 15.7. The lowest BCUT2D eigenvalue weighted by atomic mass is 10.2. The fourth-order valence-corrected chi connectivity index (χ4v) is 2.67. The van der Waals surface area contributed by atoms with Crippen molar-refractivity contribution in [3.05, 3.63) is 40.5 Å². The van der Waals surface area contributed by atoms with E-state index in [4.69, 9.17) is 23.2 Å². The van der Waals surface area contributed by atoms with Gasteiger partial charge in [-0.05, 0) is 18.2 Å². The Labute approximate surface area is 136 Å². The Bertz CT molecular complexity index is 840. The van der Waals surface area contributed by atoms with E-state index in [9.17, 15) is 4.79 Å². The number of aromatic nitrogens is 3. The van der Waals surface area contributed by atoms with Crippen LogP contribution in [-0.2, 0) is 4.79 Å². The number of aromatic amines is 1. The Morgan fingerprint density at radius 1 is 1.27 bits per heavy atom. The summed E-state index contributed by atoms with van der Waals surface area (Å²) in [6.45, 7) is 1.78. The average Bonchev–Trinajstić information content (AvgIpc) is 2.91. The first kappa shape index (κ1) is 14.8. The van der Waals surface area contributed by atoms with E-state index in [1.807, 2.05) is 0 Å². The van der Waals surface area contributed by atoms with Crippen LogP contribution in [0.25, 0.3) is 22.4 Å². The standard InChI is InChI=1S/C15H12Cl2N4O/c1-2-11(22)20-15-13-10(6-7-18-15)19-14(21-13)12-8(16)4-3-5-9(12)17/h3-7H,2H2,1H3,(H,19,21)(H,18,20,22). The molecule has 5 nitrogen and oxygen atoms in total. The minimum Gasteiger partial charge on any atom is -0.335 e. The Balaban J connectivity index is 2.14. The van der Waals surface area contributed by atoms with Gasteiger partial charge in [-0.3, -0.25) is 4.79 Å². The SMILES string of the molecule is CCC(=O)Nc1nccc2nc(-c3c(Cl)cccc3Cl)[nH]c12. The molecule has 0 fully saturated rings. The predicted octanol–water partition coefficient (Wildman–Crippen LogP) is 4.28. The minimum atomic E-state index is -0.119. The number of hydrogen-bond donors (Lipinski definition) is 2. The van der Waals surface area contributed by atoms with Gasteiger partial charge in [-0.2, -0.15) is 0 Å². The van der Waals surface area contributed by atoms with Crippen LogP contribution in [-0.4, -0.2) is 20.9 Å². The number of rotatable bonds is 3. The third-order valence-corrected chi connectivity index (χ3v) is 3.81. The third-order valence-electron chi connectivity index (χ3n) is 3.18. The lowest BCUT2D eigenvalue weighted by Crippen LogP contribution is -2.11. The van der Waals surface area contributed by atoms with Gasteiger partial charge >= 0.3 is 0 Å². The molecule has 0 radical (unpaired) electrons. The average molecular weight is 335 g/mol. The topological polar surface area (TPSA) is 70.7 Å². The summed E-state index contributed by atoms with van der Waals surface area (Å²) < 4.78 is 0. The molecule has 0 aliphatic carbocycles. The summed E-state index contributed by atoms with van der Waals surface area (Å²) >= 11 is 12.4. The van der Waals surface area contributed by atoms with Crippen molar-refractivity contribution in [1.82, 2.24) is 15.0 Å². The van der Waals surface area contributed by atoms with E-state index in [-0.39, 0.29) is 5.91 Å². The number of nitrogens with one attached hydrogen (secondary N) is 2. The van der Waals surface area contributed by atoms with E-state index in [2.05, 4.69) is 20.3 Å². The van der Waals surface area contributed by atoms with Gasteiger partial charge in [0.25, 0.3) is 0 Å². The van der Waals surface area contributed by atoms with Gasteiger partial charge < -0.3 is 10.3 Å². The smallest absolute Gasteiger partial charge is 0.225 e. The summed E-state index contributed by atoms with van der Waals surface area (Å²) in [5.41, 5.74) is 1.93. The zero-order valence-corrected chi connectivity index (χ0v) is 13.2. The normalized spacial score (nSPS) is 10.9. The van der Waals surface area contributed by atoms with Gasteiger partial charge in [0.05, 0.1) is 21.1 Å². The van der Waals surface area contributed by atoms with Gasteiger partial charge in [-0.1, -0.05) is 36.2 Å². The van der Waals surface area contributed by atoms with Crippen LogP contribution in [0.15, 0.2) is 30.5 Å². The molecule has 2 aromatic heterocycles. The molecule has 7 heteroatoms. The summed E-state index contributed by atoms with van der Waals surface area (Å²) in [5.74, 6) is 0.851. The second-order valence-electron chi connectivity index (χ2n) is 4.64. The molecule has 0 bridgehead atoms. The number of benzene rings is 1. The molecule has 1 aromatic carbocycles. The van der Waals surface area contributed by atoms with E-state index >= 15 is 0 Å². The number of amides is 1. The van der Waals surface area contributed by atoms with Crippen molar-refractivity contribution in [3.63, 3.8) is 0 Å². The Morgan fingerprint density at radius 3 is 2.68 bits per heavy atom. The maximum Gasteiger partial charge on any atom is 0.225 e. The molecule has 112 valence electrons. The number of carbonyl (C=O) groups is 1. The van der Waals surface area contributed by atoms with Crippen molar-refractivity contribution in [2.24, 2.45) is 0 Å². The summed E-state index contributed by atoms with van der Waals surface area (Å²) in [6.07, 6.45) is 1.96. The first-order valence-electron chi connectivity index (χ1n) is 6.69. The number of H-pyrrole nitrogens is 1.